The number of Topliss-reactive ketones (excluding diaryl/α,β-unsaturated/α-hetero) is 2. The second kappa shape index (κ2) is 9.18. The summed E-state index contributed by atoms with van der Waals surface area (Å²) in [6.45, 7) is 6.67. The number of carbonyl (C=O) groups is 3. The number of fused-ring (bicyclic) bond motifs is 3. The van der Waals surface area contributed by atoms with Crippen molar-refractivity contribution in [3.63, 3.8) is 0 Å². The average molecular weight is 532 g/mol. The molecule has 1 amide bonds. The standard InChI is InChI=1S/C27H34FN3O7/c1-26(2,3)10-30-9-12-8-15(28)13-6-11-7-14-19(31(4)5)22(34)18(25(29)37)24(36)27(14,38)23(35)16(11)21(33)17(13)20(12)32/h8,11,14,19,30,32-33,36,38H,6-7,9-10H2,1-5H3,(H2,29,37)/t11-,14-,19-,27-/m0/s1. The Labute approximate surface area is 219 Å². The van der Waals surface area contributed by atoms with E-state index in [1.807, 2.05) is 20.8 Å². The summed E-state index contributed by atoms with van der Waals surface area (Å²) in [4.78, 5) is 40.4. The van der Waals surface area contributed by atoms with Gasteiger partial charge in [0.2, 0.25) is 5.78 Å². The van der Waals surface area contributed by atoms with E-state index in [0.717, 1.165) is 0 Å². The first-order chi connectivity index (χ1) is 17.5. The van der Waals surface area contributed by atoms with Crippen LogP contribution in [0.5, 0.6) is 5.75 Å². The summed E-state index contributed by atoms with van der Waals surface area (Å²) in [6, 6.07) is -0.00856. The van der Waals surface area contributed by atoms with Gasteiger partial charge in [-0.1, -0.05) is 20.8 Å². The van der Waals surface area contributed by atoms with Gasteiger partial charge in [-0.15, -0.1) is 0 Å². The van der Waals surface area contributed by atoms with Gasteiger partial charge in [0.25, 0.3) is 5.91 Å². The molecule has 0 unspecified atom stereocenters. The Hall–Kier alpha value is -3.28. The summed E-state index contributed by atoms with van der Waals surface area (Å²) >= 11 is 0. The van der Waals surface area contributed by atoms with Crippen LogP contribution in [-0.2, 0) is 27.3 Å². The molecule has 11 heteroatoms. The number of hydrogen-bond donors (Lipinski definition) is 6. The van der Waals surface area contributed by atoms with Crippen molar-refractivity contribution in [2.24, 2.45) is 23.0 Å². The van der Waals surface area contributed by atoms with Crippen LogP contribution in [0.3, 0.4) is 0 Å². The Morgan fingerprint density at radius 3 is 2.42 bits per heavy atom. The normalized spacial score (nSPS) is 27.4. The lowest BCUT2D eigenvalue weighted by atomic mass is 9.57. The number of benzene rings is 1. The number of aliphatic hydroxyl groups is 3. The number of rotatable bonds is 5. The maximum Gasteiger partial charge on any atom is 0.255 e. The average Bonchev–Trinajstić information content (AvgIpc) is 2.78. The van der Waals surface area contributed by atoms with Gasteiger partial charge in [-0.05, 0) is 44.3 Å². The van der Waals surface area contributed by atoms with Crippen LogP contribution in [0.15, 0.2) is 23.0 Å². The number of aliphatic hydroxyl groups excluding tert-OH is 2. The van der Waals surface area contributed by atoms with Crippen LogP contribution in [0.1, 0.15) is 43.9 Å². The van der Waals surface area contributed by atoms with Gasteiger partial charge in [0.15, 0.2) is 11.4 Å². The minimum Gasteiger partial charge on any atom is -0.508 e. The van der Waals surface area contributed by atoms with Crippen molar-refractivity contribution in [3.8, 4) is 5.75 Å². The zero-order valence-corrected chi connectivity index (χ0v) is 22.1. The van der Waals surface area contributed by atoms with E-state index in [9.17, 15) is 34.8 Å². The summed E-state index contributed by atoms with van der Waals surface area (Å²) in [5.74, 6) is -8.27. The second-order valence-electron chi connectivity index (χ2n) is 11.8. The van der Waals surface area contributed by atoms with Crippen LogP contribution >= 0.6 is 0 Å². The lowest BCUT2D eigenvalue weighted by Gasteiger charge is -2.50. The number of nitrogens with zero attached hydrogens (tertiary/aromatic N) is 1. The van der Waals surface area contributed by atoms with Gasteiger partial charge < -0.3 is 31.5 Å². The highest BCUT2D eigenvalue weighted by Gasteiger charge is 2.64. The lowest BCUT2D eigenvalue weighted by Crippen LogP contribution is -2.65. The molecule has 3 aliphatic carbocycles. The van der Waals surface area contributed by atoms with Gasteiger partial charge >= 0.3 is 0 Å². The summed E-state index contributed by atoms with van der Waals surface area (Å²) in [6.07, 6.45) is -0.190. The van der Waals surface area contributed by atoms with Crippen molar-refractivity contribution < 1.29 is 39.2 Å². The largest absolute Gasteiger partial charge is 0.508 e. The highest BCUT2D eigenvalue weighted by Crippen LogP contribution is 2.53. The van der Waals surface area contributed by atoms with E-state index >= 15 is 4.39 Å². The minimum atomic E-state index is -2.73. The van der Waals surface area contributed by atoms with Crippen molar-refractivity contribution in [3.05, 3.63) is 45.5 Å². The molecule has 0 heterocycles. The van der Waals surface area contributed by atoms with E-state index in [2.05, 4.69) is 5.32 Å². The number of aromatic hydroxyl groups is 1. The molecule has 0 aromatic heterocycles. The van der Waals surface area contributed by atoms with E-state index in [0.29, 0.717) is 6.54 Å². The molecule has 0 aliphatic heterocycles. The number of ketones is 2. The first kappa shape index (κ1) is 27.7. The van der Waals surface area contributed by atoms with Gasteiger partial charge in [-0.2, -0.15) is 0 Å². The molecular formula is C27H34FN3O7. The van der Waals surface area contributed by atoms with Crippen molar-refractivity contribution >= 4 is 23.2 Å². The number of phenols is 1. The van der Waals surface area contributed by atoms with Gasteiger partial charge in [0.05, 0.1) is 11.6 Å². The Morgan fingerprint density at radius 2 is 1.87 bits per heavy atom. The molecule has 1 aromatic carbocycles. The number of halogens is 1. The lowest BCUT2D eigenvalue weighted by molar-refractivity contribution is -0.153. The van der Waals surface area contributed by atoms with Crippen LogP contribution in [-0.4, -0.2) is 75.1 Å². The molecule has 1 fully saturated rings. The number of hydrogen-bond acceptors (Lipinski definition) is 9. The first-order valence-corrected chi connectivity index (χ1v) is 12.4. The molecule has 3 aliphatic rings. The maximum absolute atomic E-state index is 15.3. The fraction of sp³-hybridized carbons (Fsp3) is 0.519. The number of primary amides is 1. The summed E-state index contributed by atoms with van der Waals surface area (Å²) in [7, 11) is 3.03. The summed E-state index contributed by atoms with van der Waals surface area (Å²) < 4.78 is 15.3. The highest BCUT2D eigenvalue weighted by molar-refractivity contribution is 6.24. The van der Waals surface area contributed by atoms with Crippen molar-refractivity contribution in [2.75, 3.05) is 20.6 Å². The number of likely N-dealkylation sites (N-methyl/N-ethyl adjacent to an activating group) is 1. The zero-order chi connectivity index (χ0) is 28.5. The number of amides is 1. The topological polar surface area (TPSA) is 173 Å². The van der Waals surface area contributed by atoms with E-state index in [1.165, 1.54) is 25.1 Å². The van der Waals surface area contributed by atoms with Crippen LogP contribution in [0.2, 0.25) is 0 Å². The van der Waals surface area contributed by atoms with Gasteiger partial charge in [-0.3, -0.25) is 19.3 Å². The number of phenolic OH excluding ortho intramolecular Hbond substituents is 1. The SMILES string of the molecule is CN(C)[C@@H]1C(=O)C(C(N)=O)=C(O)[C@@]2(O)C(=O)C3=C(O)c4c(O)c(CNCC(C)(C)C)cc(F)c4C[C@H]3C[C@@H]12. The third-order valence-corrected chi connectivity index (χ3v) is 7.72. The summed E-state index contributed by atoms with van der Waals surface area (Å²) in [5.41, 5.74) is 1.24. The molecular weight excluding hydrogens is 497 g/mol. The molecule has 0 saturated heterocycles. The molecule has 7 N–H and O–H groups in total. The Kier molecular flexibility index (Phi) is 6.70. The van der Waals surface area contributed by atoms with Crippen molar-refractivity contribution in [2.45, 2.75) is 51.8 Å². The number of nitrogens with one attached hydrogen (secondary N) is 1. The molecule has 4 rings (SSSR count). The fourth-order valence-corrected chi connectivity index (χ4v) is 6.03. The highest BCUT2D eigenvalue weighted by atomic mass is 19.1. The Morgan fingerprint density at radius 1 is 1.24 bits per heavy atom. The van der Waals surface area contributed by atoms with Crippen LogP contribution in [0.25, 0.3) is 5.76 Å². The molecule has 4 atom stereocenters. The third kappa shape index (κ3) is 4.09. The van der Waals surface area contributed by atoms with E-state index in [-0.39, 0.29) is 47.1 Å². The maximum atomic E-state index is 15.3. The van der Waals surface area contributed by atoms with Gasteiger partial charge in [-0.25, -0.2) is 4.39 Å². The molecule has 0 bridgehead atoms. The van der Waals surface area contributed by atoms with Gasteiger partial charge in [0, 0.05) is 35.7 Å². The zero-order valence-electron chi connectivity index (χ0n) is 22.1. The molecule has 0 spiro atoms. The molecule has 0 radical (unpaired) electrons. The molecule has 1 aromatic rings. The Bertz CT molecular complexity index is 1310. The molecule has 206 valence electrons. The second-order valence-corrected chi connectivity index (χ2v) is 11.8. The monoisotopic (exact) mass is 531 g/mol. The van der Waals surface area contributed by atoms with Gasteiger partial charge in [0.1, 0.15) is 28.7 Å². The van der Waals surface area contributed by atoms with E-state index in [1.54, 1.807) is 0 Å². The number of nitrogens with two attached hydrogens (primary N) is 1. The fourth-order valence-electron chi connectivity index (χ4n) is 6.03. The predicted octanol–water partition coefficient (Wildman–Crippen LogP) is 1.24. The first-order valence-electron chi connectivity index (χ1n) is 12.4. The predicted molar refractivity (Wildman–Crippen MR) is 135 cm³/mol. The van der Waals surface area contributed by atoms with E-state index < -0.39 is 69.6 Å². The van der Waals surface area contributed by atoms with E-state index in [4.69, 9.17) is 5.73 Å². The molecule has 1 saturated carbocycles. The van der Waals surface area contributed by atoms with Crippen LogP contribution < -0.4 is 11.1 Å². The van der Waals surface area contributed by atoms with Crippen LogP contribution in [0, 0.1) is 23.1 Å². The summed E-state index contributed by atoms with van der Waals surface area (Å²) in [5, 5.41) is 47.9. The molecule has 38 heavy (non-hydrogen) atoms. The Balaban J connectivity index is 1.86. The van der Waals surface area contributed by atoms with Crippen molar-refractivity contribution in [1.29, 1.82) is 0 Å². The third-order valence-electron chi connectivity index (χ3n) is 7.72. The number of carbonyl (C=O) groups excluding carboxylic acids is 3. The quantitative estimate of drug-likeness (QED) is 0.306. The van der Waals surface area contributed by atoms with Crippen molar-refractivity contribution in [1.82, 2.24) is 10.2 Å². The van der Waals surface area contributed by atoms with Crippen LogP contribution in [0.4, 0.5) is 4.39 Å². The molecule has 10 nitrogen and oxygen atoms in total. The minimum absolute atomic E-state index is 0.00712. The smallest absolute Gasteiger partial charge is 0.255 e.